The van der Waals surface area contributed by atoms with Crippen LogP contribution in [0.15, 0.2) is 81.7 Å². The Morgan fingerprint density at radius 2 is 1.53 bits per heavy atom. The molecule has 0 amide bonds. The van der Waals surface area contributed by atoms with Crippen molar-refractivity contribution in [2.24, 2.45) is 4.99 Å². The van der Waals surface area contributed by atoms with Gasteiger partial charge in [-0.25, -0.2) is 14.6 Å². The standard InChI is InChI=1S/C35H32I2N2O7S/c1-5-43-25-14-12-23(13-15-25)30-29(34(42)45-7-3)20(4)38-35-39(30)32(40)28(47-35)18-22-16-26(36)31(27(37)17-22)46-19-21-8-10-24(11-9-21)33(41)44-6-2/h8-18,30H,5-7,19H2,1-4H3/b28-18-/t30-/m1/s1. The molecule has 0 aliphatic carbocycles. The molecular weight excluding hydrogens is 846 g/mol. The number of thiazole rings is 1. The first-order valence-electron chi connectivity index (χ1n) is 14.9. The average Bonchev–Trinajstić information content (AvgIpc) is 3.34. The number of ether oxygens (including phenoxy) is 4. The molecule has 0 saturated heterocycles. The van der Waals surface area contributed by atoms with E-state index in [1.807, 2.05) is 61.5 Å². The van der Waals surface area contributed by atoms with E-state index >= 15 is 0 Å². The molecule has 1 aromatic heterocycles. The summed E-state index contributed by atoms with van der Waals surface area (Å²) in [5, 5.41) is 0. The molecule has 0 radical (unpaired) electrons. The quantitative estimate of drug-likeness (QED) is 0.131. The van der Waals surface area contributed by atoms with E-state index in [4.69, 9.17) is 18.9 Å². The van der Waals surface area contributed by atoms with Crippen molar-refractivity contribution in [1.29, 1.82) is 0 Å². The summed E-state index contributed by atoms with van der Waals surface area (Å²) in [6.45, 7) is 8.58. The van der Waals surface area contributed by atoms with E-state index in [0.717, 1.165) is 29.6 Å². The first-order valence-corrected chi connectivity index (χ1v) is 17.9. The maximum Gasteiger partial charge on any atom is 0.338 e. The molecule has 47 heavy (non-hydrogen) atoms. The molecular formula is C35H32I2N2O7S. The Bertz CT molecular complexity index is 1990. The minimum atomic E-state index is -0.703. The van der Waals surface area contributed by atoms with Gasteiger partial charge in [0.1, 0.15) is 18.1 Å². The van der Waals surface area contributed by atoms with Gasteiger partial charge >= 0.3 is 11.9 Å². The number of nitrogens with zero attached hydrogens (tertiary/aromatic N) is 2. The van der Waals surface area contributed by atoms with Crippen molar-refractivity contribution in [3.05, 3.63) is 121 Å². The fourth-order valence-electron chi connectivity index (χ4n) is 5.08. The number of hydrogen-bond donors (Lipinski definition) is 0. The molecule has 4 aromatic rings. The monoisotopic (exact) mass is 878 g/mol. The van der Waals surface area contributed by atoms with Crippen molar-refractivity contribution < 1.29 is 28.5 Å². The topological polar surface area (TPSA) is 105 Å². The van der Waals surface area contributed by atoms with Crippen molar-refractivity contribution in [1.82, 2.24) is 4.57 Å². The van der Waals surface area contributed by atoms with Gasteiger partial charge in [-0.05, 0) is 132 Å². The van der Waals surface area contributed by atoms with E-state index in [1.54, 1.807) is 37.5 Å². The number of fused-ring (bicyclic) bond motifs is 1. The van der Waals surface area contributed by atoms with E-state index in [9.17, 15) is 14.4 Å². The smallest absolute Gasteiger partial charge is 0.338 e. The van der Waals surface area contributed by atoms with Crippen molar-refractivity contribution in [2.75, 3.05) is 19.8 Å². The molecule has 244 valence electrons. The minimum absolute atomic E-state index is 0.203. The van der Waals surface area contributed by atoms with Crippen LogP contribution >= 0.6 is 56.5 Å². The van der Waals surface area contributed by atoms with Crippen LogP contribution in [0.3, 0.4) is 0 Å². The van der Waals surface area contributed by atoms with Gasteiger partial charge in [-0.3, -0.25) is 9.36 Å². The Balaban J connectivity index is 1.47. The second-order valence-corrected chi connectivity index (χ2v) is 13.7. The molecule has 0 fully saturated rings. The van der Waals surface area contributed by atoms with E-state index < -0.39 is 12.0 Å². The van der Waals surface area contributed by atoms with Crippen LogP contribution in [0.2, 0.25) is 0 Å². The molecule has 9 nitrogen and oxygen atoms in total. The number of halogens is 2. The van der Waals surface area contributed by atoms with Crippen molar-refractivity contribution in [3.63, 3.8) is 0 Å². The van der Waals surface area contributed by atoms with Gasteiger partial charge in [0, 0.05) is 0 Å². The van der Waals surface area contributed by atoms with Crippen molar-refractivity contribution >= 4 is 74.5 Å². The summed E-state index contributed by atoms with van der Waals surface area (Å²) in [7, 11) is 0. The number of allylic oxidation sites excluding steroid dienone is 1. The van der Waals surface area contributed by atoms with E-state index in [2.05, 4.69) is 50.2 Å². The summed E-state index contributed by atoms with van der Waals surface area (Å²) in [6, 6.07) is 17.7. The van der Waals surface area contributed by atoms with Crippen LogP contribution in [0, 0.1) is 7.14 Å². The summed E-state index contributed by atoms with van der Waals surface area (Å²) in [5.74, 6) is 0.569. The molecule has 3 aromatic carbocycles. The maximum atomic E-state index is 14.0. The first kappa shape index (κ1) is 34.8. The zero-order chi connectivity index (χ0) is 33.7. The highest BCUT2D eigenvalue weighted by atomic mass is 127. The number of hydrogen-bond acceptors (Lipinski definition) is 9. The molecule has 0 spiro atoms. The summed E-state index contributed by atoms with van der Waals surface area (Å²) >= 11 is 5.73. The van der Waals surface area contributed by atoms with Gasteiger partial charge in [0.2, 0.25) is 0 Å². The third-order valence-corrected chi connectivity index (χ3v) is 9.78. The lowest BCUT2D eigenvalue weighted by atomic mass is 9.96. The molecule has 1 aliphatic rings. The summed E-state index contributed by atoms with van der Waals surface area (Å²) in [4.78, 5) is 44.3. The van der Waals surface area contributed by atoms with Crippen LogP contribution in [0.5, 0.6) is 11.5 Å². The van der Waals surface area contributed by atoms with Crippen molar-refractivity contribution in [3.8, 4) is 11.5 Å². The Hall–Kier alpha value is -3.50. The Morgan fingerprint density at radius 3 is 2.15 bits per heavy atom. The van der Waals surface area contributed by atoms with Crippen LogP contribution in [0.1, 0.15) is 60.8 Å². The Morgan fingerprint density at radius 1 is 0.894 bits per heavy atom. The second kappa shape index (κ2) is 15.6. The van der Waals surface area contributed by atoms with Gasteiger partial charge in [0.05, 0.1) is 54.4 Å². The third-order valence-electron chi connectivity index (χ3n) is 7.19. The van der Waals surface area contributed by atoms with Gasteiger partial charge in [-0.1, -0.05) is 35.6 Å². The summed E-state index contributed by atoms with van der Waals surface area (Å²) < 4.78 is 26.0. The number of carbonyl (C=O) groups is 2. The molecule has 0 N–H and O–H groups in total. The highest BCUT2D eigenvalue weighted by Gasteiger charge is 2.33. The number of esters is 2. The minimum Gasteiger partial charge on any atom is -0.494 e. The molecule has 0 bridgehead atoms. The Labute approximate surface area is 303 Å². The summed E-state index contributed by atoms with van der Waals surface area (Å²) in [5.41, 5.74) is 3.57. The van der Waals surface area contributed by atoms with Crippen LogP contribution in [-0.2, 0) is 20.9 Å². The largest absolute Gasteiger partial charge is 0.494 e. The lowest BCUT2D eigenvalue weighted by Crippen LogP contribution is -2.39. The number of rotatable bonds is 11. The first-order chi connectivity index (χ1) is 22.6. The van der Waals surface area contributed by atoms with Gasteiger partial charge in [0.15, 0.2) is 4.80 Å². The number of carbonyl (C=O) groups excluding carboxylic acids is 2. The fraction of sp³-hybridized carbons (Fsp3) is 0.257. The predicted molar refractivity (Wildman–Crippen MR) is 197 cm³/mol. The lowest BCUT2D eigenvalue weighted by Gasteiger charge is -2.24. The van der Waals surface area contributed by atoms with Crippen molar-refractivity contribution in [2.45, 2.75) is 40.3 Å². The number of aromatic nitrogens is 1. The van der Waals surface area contributed by atoms with Gasteiger partial charge in [-0.2, -0.15) is 0 Å². The molecule has 0 saturated carbocycles. The van der Waals surface area contributed by atoms with E-state index in [-0.39, 0.29) is 18.1 Å². The summed E-state index contributed by atoms with van der Waals surface area (Å²) in [6.07, 6.45) is 1.84. The zero-order valence-corrected chi connectivity index (χ0v) is 31.3. The molecule has 5 rings (SSSR count). The van der Waals surface area contributed by atoms with Gasteiger partial charge in [-0.15, -0.1) is 0 Å². The van der Waals surface area contributed by atoms with Crippen LogP contribution in [-0.4, -0.2) is 36.3 Å². The molecule has 0 unspecified atom stereocenters. The van der Waals surface area contributed by atoms with E-state index in [1.165, 1.54) is 11.3 Å². The predicted octanol–water partition coefficient (Wildman–Crippen LogP) is 6.16. The zero-order valence-electron chi connectivity index (χ0n) is 26.2. The highest BCUT2D eigenvalue weighted by Crippen LogP contribution is 2.32. The van der Waals surface area contributed by atoms with Gasteiger partial charge in [0.25, 0.3) is 5.56 Å². The average molecular weight is 879 g/mol. The Kier molecular flexibility index (Phi) is 11.6. The van der Waals surface area contributed by atoms with Crippen LogP contribution in [0.25, 0.3) is 6.08 Å². The third kappa shape index (κ3) is 7.81. The SMILES string of the molecule is CCOC(=O)C1=C(C)N=c2s/c(=C\c3cc(I)c(OCc4ccc(C(=O)OCC)cc4)c(I)c3)c(=O)n2[C@@H]1c1ccc(OCC)cc1. The molecule has 1 aliphatic heterocycles. The maximum absolute atomic E-state index is 14.0. The van der Waals surface area contributed by atoms with Crippen LogP contribution in [0.4, 0.5) is 0 Å². The lowest BCUT2D eigenvalue weighted by molar-refractivity contribution is -0.139. The fourth-order valence-corrected chi connectivity index (χ4v) is 8.25. The normalized spacial score (nSPS) is 14.3. The molecule has 1 atom stereocenters. The number of benzene rings is 3. The molecule has 12 heteroatoms. The van der Waals surface area contributed by atoms with E-state index in [0.29, 0.717) is 51.7 Å². The van der Waals surface area contributed by atoms with Gasteiger partial charge < -0.3 is 18.9 Å². The highest BCUT2D eigenvalue weighted by molar-refractivity contribution is 14.1. The van der Waals surface area contributed by atoms with Crippen LogP contribution < -0.4 is 24.4 Å². The molecule has 2 heterocycles. The second-order valence-electron chi connectivity index (χ2n) is 10.3.